The third kappa shape index (κ3) is 2.00. The molecule has 5 atom stereocenters. The SMILES string of the molecule is C[C@H]1CC2=C(CCC3(C2)OCCO3)[C@@H]2CC[C@@]3(C)C(=O)CC[C@@H]3[C@@H]12. The molecule has 1 spiro atoms. The van der Waals surface area contributed by atoms with E-state index in [-0.39, 0.29) is 11.2 Å². The van der Waals surface area contributed by atoms with Gasteiger partial charge < -0.3 is 9.47 Å². The maximum absolute atomic E-state index is 12.5. The summed E-state index contributed by atoms with van der Waals surface area (Å²) in [5, 5.41) is 0. The van der Waals surface area contributed by atoms with Crippen LogP contribution in [0.1, 0.15) is 65.2 Å². The van der Waals surface area contributed by atoms with Crippen LogP contribution in [-0.4, -0.2) is 24.8 Å². The summed E-state index contributed by atoms with van der Waals surface area (Å²) in [6.07, 6.45) is 8.68. The Morgan fingerprint density at radius 1 is 1.08 bits per heavy atom. The lowest BCUT2D eigenvalue weighted by Gasteiger charge is -2.53. The Kier molecular flexibility index (Phi) is 3.35. The minimum Gasteiger partial charge on any atom is -0.347 e. The summed E-state index contributed by atoms with van der Waals surface area (Å²) < 4.78 is 12.0. The molecular weight excluding hydrogens is 300 g/mol. The average molecular weight is 330 g/mol. The van der Waals surface area contributed by atoms with Crippen LogP contribution >= 0.6 is 0 Å². The summed E-state index contributed by atoms with van der Waals surface area (Å²) in [4.78, 5) is 12.5. The van der Waals surface area contributed by atoms with Crippen molar-refractivity contribution in [1.29, 1.82) is 0 Å². The number of carbonyl (C=O) groups is 1. The molecule has 3 nitrogen and oxygen atoms in total. The molecule has 0 aromatic carbocycles. The van der Waals surface area contributed by atoms with Crippen molar-refractivity contribution < 1.29 is 14.3 Å². The Hall–Kier alpha value is -0.670. The van der Waals surface area contributed by atoms with Gasteiger partial charge in [0.05, 0.1) is 13.2 Å². The van der Waals surface area contributed by atoms with Gasteiger partial charge in [0.1, 0.15) is 5.78 Å². The van der Waals surface area contributed by atoms with Gasteiger partial charge in [0.15, 0.2) is 5.79 Å². The average Bonchev–Trinajstić information content (AvgIpc) is 3.12. The van der Waals surface area contributed by atoms with Crippen LogP contribution in [0.25, 0.3) is 0 Å². The normalized spacial score (nSPS) is 46.8. The molecule has 0 unspecified atom stereocenters. The van der Waals surface area contributed by atoms with E-state index in [9.17, 15) is 4.79 Å². The Bertz CT molecular complexity index is 600. The van der Waals surface area contributed by atoms with Gasteiger partial charge in [-0.15, -0.1) is 0 Å². The number of carbonyl (C=O) groups excluding carboxylic acids is 1. The van der Waals surface area contributed by atoms with Gasteiger partial charge in [-0.2, -0.15) is 0 Å². The van der Waals surface area contributed by atoms with Crippen molar-refractivity contribution in [2.24, 2.45) is 29.1 Å². The number of fused-ring (bicyclic) bond motifs is 4. The van der Waals surface area contributed by atoms with E-state index in [1.165, 1.54) is 12.8 Å². The molecule has 0 aromatic heterocycles. The Morgan fingerprint density at radius 2 is 1.88 bits per heavy atom. The highest BCUT2D eigenvalue weighted by Gasteiger charge is 2.57. The van der Waals surface area contributed by atoms with Crippen LogP contribution in [-0.2, 0) is 14.3 Å². The molecule has 0 amide bonds. The first-order valence-corrected chi connectivity index (χ1v) is 10.0. The molecule has 5 aliphatic rings. The first-order chi connectivity index (χ1) is 11.5. The van der Waals surface area contributed by atoms with Crippen molar-refractivity contribution >= 4 is 5.78 Å². The van der Waals surface area contributed by atoms with Crippen LogP contribution in [0.5, 0.6) is 0 Å². The van der Waals surface area contributed by atoms with Crippen LogP contribution in [0, 0.1) is 29.1 Å². The Balaban J connectivity index is 1.47. The summed E-state index contributed by atoms with van der Waals surface area (Å²) in [7, 11) is 0. The first-order valence-electron chi connectivity index (χ1n) is 10.0. The van der Waals surface area contributed by atoms with Gasteiger partial charge in [0, 0.05) is 24.7 Å². The maximum atomic E-state index is 12.5. The highest BCUT2D eigenvalue weighted by molar-refractivity contribution is 5.87. The van der Waals surface area contributed by atoms with Crippen molar-refractivity contribution in [2.75, 3.05) is 13.2 Å². The predicted molar refractivity (Wildman–Crippen MR) is 91.3 cm³/mol. The Morgan fingerprint density at radius 3 is 2.67 bits per heavy atom. The molecule has 3 fully saturated rings. The van der Waals surface area contributed by atoms with Crippen molar-refractivity contribution in [3.05, 3.63) is 11.1 Å². The molecule has 3 heteroatoms. The molecule has 0 aromatic rings. The van der Waals surface area contributed by atoms with Crippen LogP contribution < -0.4 is 0 Å². The second-order valence-corrected chi connectivity index (χ2v) is 9.30. The number of hydrogen-bond donors (Lipinski definition) is 0. The van der Waals surface area contributed by atoms with Crippen molar-refractivity contribution in [2.45, 2.75) is 71.0 Å². The zero-order chi connectivity index (χ0) is 16.5. The monoisotopic (exact) mass is 330 g/mol. The van der Waals surface area contributed by atoms with E-state index >= 15 is 0 Å². The van der Waals surface area contributed by atoms with Crippen molar-refractivity contribution in [3.63, 3.8) is 0 Å². The number of Topliss-reactive ketones (excluding diaryl/α,β-unsaturated/α-hetero) is 1. The molecule has 0 N–H and O–H groups in total. The van der Waals surface area contributed by atoms with E-state index in [1.807, 2.05) is 0 Å². The molecule has 1 saturated heterocycles. The molecule has 4 aliphatic carbocycles. The summed E-state index contributed by atoms with van der Waals surface area (Å²) in [6, 6.07) is 0. The highest BCUT2D eigenvalue weighted by Crippen LogP contribution is 2.62. The molecule has 132 valence electrons. The molecule has 5 rings (SSSR count). The highest BCUT2D eigenvalue weighted by atomic mass is 16.7. The van der Waals surface area contributed by atoms with Gasteiger partial charge in [-0.3, -0.25) is 4.79 Å². The molecule has 1 heterocycles. The molecule has 0 radical (unpaired) electrons. The fourth-order valence-electron chi connectivity index (χ4n) is 7.12. The van der Waals surface area contributed by atoms with Crippen LogP contribution in [0.2, 0.25) is 0 Å². The summed E-state index contributed by atoms with van der Waals surface area (Å²) >= 11 is 0. The second-order valence-electron chi connectivity index (χ2n) is 9.30. The molecule has 2 saturated carbocycles. The molecule has 1 aliphatic heterocycles. The first kappa shape index (κ1) is 15.6. The van der Waals surface area contributed by atoms with Crippen molar-refractivity contribution in [3.8, 4) is 0 Å². The zero-order valence-electron chi connectivity index (χ0n) is 15.1. The van der Waals surface area contributed by atoms with E-state index in [2.05, 4.69) is 13.8 Å². The van der Waals surface area contributed by atoms with E-state index < -0.39 is 0 Å². The van der Waals surface area contributed by atoms with E-state index in [1.54, 1.807) is 11.1 Å². The maximum Gasteiger partial charge on any atom is 0.172 e. The summed E-state index contributed by atoms with van der Waals surface area (Å²) in [5.74, 6) is 3.04. The van der Waals surface area contributed by atoms with Gasteiger partial charge in [-0.25, -0.2) is 0 Å². The van der Waals surface area contributed by atoms with E-state index in [4.69, 9.17) is 9.47 Å². The lowest BCUT2D eigenvalue weighted by molar-refractivity contribution is -0.166. The number of ether oxygens (including phenoxy) is 2. The fourth-order valence-corrected chi connectivity index (χ4v) is 7.12. The minimum atomic E-state index is -0.294. The topological polar surface area (TPSA) is 35.5 Å². The quantitative estimate of drug-likeness (QED) is 0.623. The third-order valence-electron chi connectivity index (χ3n) is 8.24. The summed E-state index contributed by atoms with van der Waals surface area (Å²) in [6.45, 7) is 6.23. The number of ketones is 1. The van der Waals surface area contributed by atoms with Crippen molar-refractivity contribution in [1.82, 2.24) is 0 Å². The lowest BCUT2D eigenvalue weighted by atomic mass is 9.51. The van der Waals surface area contributed by atoms with E-state index in [0.29, 0.717) is 17.6 Å². The lowest BCUT2D eigenvalue weighted by Crippen LogP contribution is -2.48. The number of rotatable bonds is 0. The van der Waals surface area contributed by atoms with Crippen LogP contribution in [0.4, 0.5) is 0 Å². The molecule has 24 heavy (non-hydrogen) atoms. The summed E-state index contributed by atoms with van der Waals surface area (Å²) in [5.41, 5.74) is 3.37. The third-order valence-corrected chi connectivity index (χ3v) is 8.24. The smallest absolute Gasteiger partial charge is 0.172 e. The molecule has 0 bridgehead atoms. The number of hydrogen-bond acceptors (Lipinski definition) is 3. The number of allylic oxidation sites excluding steroid dienone is 1. The van der Waals surface area contributed by atoms with E-state index in [0.717, 1.165) is 63.6 Å². The van der Waals surface area contributed by atoms with Crippen LogP contribution in [0.15, 0.2) is 11.1 Å². The van der Waals surface area contributed by atoms with Gasteiger partial charge in [0.2, 0.25) is 0 Å². The van der Waals surface area contributed by atoms with Gasteiger partial charge in [0.25, 0.3) is 0 Å². The minimum absolute atomic E-state index is 0.0128. The van der Waals surface area contributed by atoms with Gasteiger partial charge in [-0.1, -0.05) is 25.0 Å². The largest absolute Gasteiger partial charge is 0.347 e. The Labute approximate surface area is 145 Å². The van der Waals surface area contributed by atoms with Gasteiger partial charge in [-0.05, 0) is 55.8 Å². The predicted octanol–water partition coefficient (Wildman–Crippen LogP) is 4.26. The van der Waals surface area contributed by atoms with Gasteiger partial charge >= 0.3 is 0 Å². The zero-order valence-corrected chi connectivity index (χ0v) is 15.1. The second kappa shape index (κ2) is 5.17. The fraction of sp³-hybridized carbons (Fsp3) is 0.857. The van der Waals surface area contributed by atoms with Crippen LogP contribution in [0.3, 0.4) is 0 Å². The standard InChI is InChI=1S/C21H30O3/c1-13-11-14-12-21(23-9-10-24-21)8-6-15(14)16-5-7-20(2)17(19(13)16)3-4-18(20)22/h13,16-17,19H,3-12H2,1-2H3/t13-,16-,17+,19-,20+/m0/s1. The molecular formula is C21H30O3.